The molecule has 2 aromatic carbocycles. The number of phenols is 1. The van der Waals surface area contributed by atoms with Gasteiger partial charge in [0.05, 0.1) is 0 Å². The summed E-state index contributed by atoms with van der Waals surface area (Å²) in [5.41, 5.74) is 3.33. The van der Waals surface area contributed by atoms with Crippen LogP contribution in [0.25, 0.3) is 11.0 Å². The SMILES string of the molecule is CC[C@@H](NCc1cc(=O)oc2cc(O)ccc12)c1ccc(C)cc1. The second-order valence-corrected chi connectivity index (χ2v) is 6.02. The molecule has 4 heteroatoms. The maximum Gasteiger partial charge on any atom is 0.336 e. The van der Waals surface area contributed by atoms with Crippen LogP contribution in [-0.2, 0) is 6.54 Å². The Balaban J connectivity index is 1.86. The predicted molar refractivity (Wildman–Crippen MR) is 95.2 cm³/mol. The molecule has 3 aromatic rings. The normalized spacial score (nSPS) is 12.4. The van der Waals surface area contributed by atoms with Gasteiger partial charge in [0.2, 0.25) is 0 Å². The zero-order chi connectivity index (χ0) is 17.1. The van der Waals surface area contributed by atoms with Crippen LogP contribution in [-0.4, -0.2) is 5.11 Å². The number of aromatic hydroxyl groups is 1. The van der Waals surface area contributed by atoms with Crippen molar-refractivity contribution in [3.8, 4) is 5.75 Å². The maximum absolute atomic E-state index is 11.8. The van der Waals surface area contributed by atoms with Gasteiger partial charge in [-0.2, -0.15) is 0 Å². The Hall–Kier alpha value is -2.59. The summed E-state index contributed by atoms with van der Waals surface area (Å²) >= 11 is 0. The van der Waals surface area contributed by atoms with E-state index < -0.39 is 5.63 Å². The number of hydrogen-bond donors (Lipinski definition) is 2. The Morgan fingerprint density at radius 3 is 2.58 bits per heavy atom. The van der Waals surface area contributed by atoms with Crippen LogP contribution in [0.4, 0.5) is 0 Å². The van der Waals surface area contributed by atoms with Crippen molar-refractivity contribution < 1.29 is 9.52 Å². The largest absolute Gasteiger partial charge is 0.508 e. The number of hydrogen-bond acceptors (Lipinski definition) is 4. The van der Waals surface area contributed by atoms with Gasteiger partial charge in [-0.3, -0.25) is 0 Å². The maximum atomic E-state index is 11.8. The Morgan fingerprint density at radius 1 is 1.12 bits per heavy atom. The molecule has 2 N–H and O–H groups in total. The Labute approximate surface area is 140 Å². The van der Waals surface area contributed by atoms with E-state index in [0.29, 0.717) is 12.1 Å². The van der Waals surface area contributed by atoms with Gasteiger partial charge in [0.1, 0.15) is 11.3 Å². The monoisotopic (exact) mass is 323 g/mol. The van der Waals surface area contributed by atoms with Gasteiger partial charge < -0.3 is 14.8 Å². The van der Waals surface area contributed by atoms with Gasteiger partial charge >= 0.3 is 5.63 Å². The van der Waals surface area contributed by atoms with Crippen LogP contribution in [0.1, 0.15) is 36.1 Å². The van der Waals surface area contributed by atoms with Gasteiger partial charge in [0.25, 0.3) is 0 Å². The molecule has 3 rings (SSSR count). The Bertz CT molecular complexity index is 897. The number of aryl methyl sites for hydroxylation is 1. The molecule has 0 aliphatic heterocycles. The minimum atomic E-state index is -0.409. The lowest BCUT2D eigenvalue weighted by Crippen LogP contribution is -2.21. The highest BCUT2D eigenvalue weighted by molar-refractivity contribution is 5.81. The van der Waals surface area contributed by atoms with Crippen LogP contribution in [0.3, 0.4) is 0 Å². The quantitative estimate of drug-likeness (QED) is 0.695. The first-order chi connectivity index (χ1) is 11.6. The van der Waals surface area contributed by atoms with Crippen LogP contribution in [0.2, 0.25) is 0 Å². The summed E-state index contributed by atoms with van der Waals surface area (Å²) < 4.78 is 5.17. The van der Waals surface area contributed by atoms with Gasteiger partial charge in [0, 0.05) is 30.1 Å². The first-order valence-corrected chi connectivity index (χ1v) is 8.12. The first-order valence-electron chi connectivity index (χ1n) is 8.12. The first kappa shape index (κ1) is 16.3. The van der Waals surface area contributed by atoms with Gasteiger partial charge in [-0.25, -0.2) is 4.79 Å². The highest BCUT2D eigenvalue weighted by Crippen LogP contribution is 2.23. The minimum absolute atomic E-state index is 0.0850. The molecule has 1 heterocycles. The van der Waals surface area contributed by atoms with Crippen LogP contribution in [0.5, 0.6) is 5.75 Å². The molecular weight excluding hydrogens is 302 g/mol. The van der Waals surface area contributed by atoms with E-state index in [4.69, 9.17) is 4.42 Å². The van der Waals surface area contributed by atoms with Crippen molar-refractivity contribution >= 4 is 11.0 Å². The summed E-state index contributed by atoms with van der Waals surface area (Å²) in [4.78, 5) is 11.8. The lowest BCUT2D eigenvalue weighted by molar-refractivity contribution is 0.472. The third kappa shape index (κ3) is 3.49. The van der Waals surface area contributed by atoms with Crippen molar-refractivity contribution in [2.75, 3.05) is 0 Å². The van der Waals surface area contributed by atoms with E-state index in [-0.39, 0.29) is 11.8 Å². The fraction of sp³-hybridized carbons (Fsp3) is 0.250. The Morgan fingerprint density at radius 2 is 1.88 bits per heavy atom. The lowest BCUT2D eigenvalue weighted by atomic mass is 10.0. The zero-order valence-corrected chi connectivity index (χ0v) is 13.9. The standard InChI is InChI=1S/C20H21NO3/c1-3-18(14-6-4-13(2)5-7-14)21-12-15-10-20(23)24-19-11-16(22)8-9-17(15)19/h4-11,18,21-22H,3,12H2,1-2H3/t18-/m1/s1. The molecule has 0 spiro atoms. The number of benzene rings is 2. The molecule has 0 aliphatic rings. The average molecular weight is 323 g/mol. The van der Waals surface area contributed by atoms with E-state index in [9.17, 15) is 9.90 Å². The summed E-state index contributed by atoms with van der Waals surface area (Å²) in [5, 5.41) is 13.9. The third-order valence-electron chi connectivity index (χ3n) is 4.24. The van der Waals surface area contributed by atoms with E-state index >= 15 is 0 Å². The summed E-state index contributed by atoms with van der Waals surface area (Å²) in [7, 11) is 0. The molecule has 0 radical (unpaired) electrons. The second-order valence-electron chi connectivity index (χ2n) is 6.02. The van der Waals surface area contributed by atoms with Crippen molar-refractivity contribution in [1.29, 1.82) is 0 Å². The summed E-state index contributed by atoms with van der Waals surface area (Å²) in [6, 6.07) is 15.0. The van der Waals surface area contributed by atoms with E-state index in [1.807, 2.05) is 0 Å². The molecule has 0 aliphatic carbocycles. The van der Waals surface area contributed by atoms with E-state index in [1.165, 1.54) is 23.3 Å². The molecule has 0 saturated heterocycles. The molecular formula is C20H21NO3. The molecule has 1 aromatic heterocycles. The van der Waals surface area contributed by atoms with E-state index in [2.05, 4.69) is 43.4 Å². The van der Waals surface area contributed by atoms with Crippen molar-refractivity contribution in [2.45, 2.75) is 32.9 Å². The number of rotatable bonds is 5. The number of fused-ring (bicyclic) bond motifs is 1. The van der Waals surface area contributed by atoms with E-state index in [1.54, 1.807) is 12.1 Å². The fourth-order valence-corrected chi connectivity index (χ4v) is 2.89. The van der Waals surface area contributed by atoms with Gasteiger partial charge in [-0.15, -0.1) is 0 Å². The van der Waals surface area contributed by atoms with Crippen LogP contribution < -0.4 is 10.9 Å². The van der Waals surface area contributed by atoms with Crippen LogP contribution in [0, 0.1) is 6.92 Å². The summed E-state index contributed by atoms with van der Waals surface area (Å²) in [5.74, 6) is 0.0850. The number of nitrogens with one attached hydrogen (secondary N) is 1. The molecule has 124 valence electrons. The van der Waals surface area contributed by atoms with Crippen molar-refractivity contribution in [3.05, 3.63) is 75.6 Å². The third-order valence-corrected chi connectivity index (χ3v) is 4.24. The topological polar surface area (TPSA) is 62.5 Å². The second kappa shape index (κ2) is 6.89. The van der Waals surface area contributed by atoms with Crippen molar-refractivity contribution in [1.82, 2.24) is 5.32 Å². The summed E-state index contributed by atoms with van der Waals surface area (Å²) in [6.07, 6.45) is 0.948. The molecule has 0 bridgehead atoms. The molecule has 0 amide bonds. The average Bonchev–Trinajstić information content (AvgIpc) is 2.56. The highest BCUT2D eigenvalue weighted by Gasteiger charge is 2.11. The molecule has 4 nitrogen and oxygen atoms in total. The molecule has 0 saturated carbocycles. The predicted octanol–water partition coefficient (Wildman–Crippen LogP) is 4.05. The van der Waals surface area contributed by atoms with E-state index in [0.717, 1.165) is 17.4 Å². The molecule has 0 unspecified atom stereocenters. The number of phenolic OH excluding ortho intramolecular Hbond substituents is 1. The van der Waals surface area contributed by atoms with Gasteiger partial charge in [-0.05, 0) is 36.6 Å². The minimum Gasteiger partial charge on any atom is -0.508 e. The smallest absolute Gasteiger partial charge is 0.336 e. The fourth-order valence-electron chi connectivity index (χ4n) is 2.89. The van der Waals surface area contributed by atoms with Crippen molar-refractivity contribution in [3.63, 3.8) is 0 Å². The summed E-state index contributed by atoms with van der Waals surface area (Å²) in [6.45, 7) is 4.76. The van der Waals surface area contributed by atoms with Crippen LogP contribution >= 0.6 is 0 Å². The van der Waals surface area contributed by atoms with Crippen molar-refractivity contribution in [2.24, 2.45) is 0 Å². The van der Waals surface area contributed by atoms with Crippen LogP contribution in [0.15, 0.2) is 57.7 Å². The van der Waals surface area contributed by atoms with Gasteiger partial charge in [0.15, 0.2) is 0 Å². The zero-order valence-electron chi connectivity index (χ0n) is 13.9. The molecule has 1 atom stereocenters. The molecule has 24 heavy (non-hydrogen) atoms. The lowest BCUT2D eigenvalue weighted by Gasteiger charge is -2.18. The molecule has 0 fully saturated rings. The Kier molecular flexibility index (Phi) is 4.67. The van der Waals surface area contributed by atoms with Gasteiger partial charge in [-0.1, -0.05) is 36.8 Å². The highest BCUT2D eigenvalue weighted by atomic mass is 16.4.